The Bertz CT molecular complexity index is 616. The largest absolute Gasteiger partial charge is 0.469 e. The number of anilines is 2. The molecule has 2 aromatic rings. The number of benzene rings is 1. The Kier molecular flexibility index (Phi) is 4.06. The molecule has 0 atom stereocenters. The molecule has 19 heavy (non-hydrogen) atoms. The standard InChI is InChI=1S/C13H14ClN3O2/c1-19-12(18)3-5-17-13-10-6-8(14)7-11(15)9(10)2-4-16-13/h2,4,6-7H,3,5,15H2,1H3,(H,16,17). The number of ether oxygens (including phenoxy) is 1. The zero-order chi connectivity index (χ0) is 13.8. The number of halogens is 1. The van der Waals surface area contributed by atoms with Crippen LogP contribution in [-0.2, 0) is 9.53 Å². The summed E-state index contributed by atoms with van der Waals surface area (Å²) in [4.78, 5) is 15.3. The van der Waals surface area contributed by atoms with E-state index in [9.17, 15) is 4.79 Å². The van der Waals surface area contributed by atoms with Gasteiger partial charge in [0.1, 0.15) is 5.82 Å². The van der Waals surface area contributed by atoms with Gasteiger partial charge < -0.3 is 15.8 Å². The molecule has 0 aliphatic carbocycles. The Morgan fingerprint density at radius 2 is 2.26 bits per heavy atom. The Hall–Kier alpha value is -2.01. The van der Waals surface area contributed by atoms with Crippen molar-refractivity contribution in [3.8, 4) is 0 Å². The topological polar surface area (TPSA) is 77.2 Å². The fourth-order valence-corrected chi connectivity index (χ4v) is 2.03. The van der Waals surface area contributed by atoms with Crippen LogP contribution in [0.1, 0.15) is 6.42 Å². The van der Waals surface area contributed by atoms with E-state index in [0.29, 0.717) is 23.1 Å². The third-order valence-corrected chi connectivity index (χ3v) is 2.94. The highest BCUT2D eigenvalue weighted by Gasteiger charge is 2.07. The highest BCUT2D eigenvalue weighted by Crippen LogP contribution is 2.29. The van der Waals surface area contributed by atoms with Gasteiger partial charge in [0.15, 0.2) is 0 Å². The molecule has 0 saturated heterocycles. The first kappa shape index (κ1) is 13.4. The van der Waals surface area contributed by atoms with Gasteiger partial charge in [-0.1, -0.05) is 11.6 Å². The number of aromatic nitrogens is 1. The average Bonchev–Trinajstić information content (AvgIpc) is 2.39. The van der Waals surface area contributed by atoms with E-state index in [1.807, 2.05) is 6.07 Å². The van der Waals surface area contributed by atoms with Crippen molar-refractivity contribution in [1.29, 1.82) is 0 Å². The highest BCUT2D eigenvalue weighted by atomic mass is 35.5. The molecule has 0 amide bonds. The molecule has 0 saturated carbocycles. The van der Waals surface area contributed by atoms with E-state index in [1.54, 1.807) is 18.3 Å². The van der Waals surface area contributed by atoms with Crippen molar-refractivity contribution >= 4 is 39.8 Å². The number of carbonyl (C=O) groups is 1. The zero-order valence-electron chi connectivity index (χ0n) is 10.4. The smallest absolute Gasteiger partial charge is 0.307 e. The summed E-state index contributed by atoms with van der Waals surface area (Å²) in [6.07, 6.45) is 1.93. The fraction of sp³-hybridized carbons (Fsp3) is 0.231. The van der Waals surface area contributed by atoms with Crippen molar-refractivity contribution in [2.24, 2.45) is 0 Å². The summed E-state index contributed by atoms with van der Waals surface area (Å²) < 4.78 is 4.57. The molecule has 1 aromatic heterocycles. The normalized spacial score (nSPS) is 10.4. The van der Waals surface area contributed by atoms with E-state index in [1.165, 1.54) is 7.11 Å². The number of nitrogens with zero attached hydrogens (tertiary/aromatic N) is 1. The van der Waals surface area contributed by atoms with Crippen LogP contribution < -0.4 is 11.1 Å². The SMILES string of the molecule is COC(=O)CCNc1nccc2c(N)cc(Cl)cc12. The van der Waals surface area contributed by atoms with Gasteiger partial charge in [0.05, 0.1) is 13.5 Å². The van der Waals surface area contributed by atoms with Crippen LogP contribution in [0.2, 0.25) is 5.02 Å². The number of methoxy groups -OCH3 is 1. The second-order valence-electron chi connectivity index (χ2n) is 4.00. The van der Waals surface area contributed by atoms with Crippen molar-refractivity contribution in [2.75, 3.05) is 24.7 Å². The van der Waals surface area contributed by atoms with Gasteiger partial charge in [-0.25, -0.2) is 4.98 Å². The number of hydrogen-bond donors (Lipinski definition) is 2. The molecule has 6 heteroatoms. The van der Waals surface area contributed by atoms with Crippen LogP contribution in [0.5, 0.6) is 0 Å². The Morgan fingerprint density at radius 1 is 1.47 bits per heavy atom. The summed E-state index contributed by atoms with van der Waals surface area (Å²) in [7, 11) is 1.36. The summed E-state index contributed by atoms with van der Waals surface area (Å²) in [5.41, 5.74) is 6.51. The average molecular weight is 280 g/mol. The van der Waals surface area contributed by atoms with E-state index < -0.39 is 0 Å². The summed E-state index contributed by atoms with van der Waals surface area (Å²) in [5.74, 6) is 0.376. The number of rotatable bonds is 4. The van der Waals surface area contributed by atoms with Gasteiger partial charge in [0.25, 0.3) is 0 Å². The summed E-state index contributed by atoms with van der Waals surface area (Å²) >= 11 is 5.99. The zero-order valence-corrected chi connectivity index (χ0v) is 11.2. The Balaban J connectivity index is 2.26. The third-order valence-electron chi connectivity index (χ3n) is 2.73. The number of nitrogens with two attached hydrogens (primary N) is 1. The lowest BCUT2D eigenvalue weighted by Gasteiger charge is -2.10. The van der Waals surface area contributed by atoms with Gasteiger partial charge in [-0.05, 0) is 18.2 Å². The predicted octanol–water partition coefficient (Wildman–Crippen LogP) is 2.45. The quantitative estimate of drug-likeness (QED) is 0.664. The molecule has 0 spiro atoms. The number of fused-ring (bicyclic) bond motifs is 1. The molecule has 0 unspecified atom stereocenters. The first-order chi connectivity index (χ1) is 9.11. The first-order valence-corrected chi connectivity index (χ1v) is 6.14. The lowest BCUT2D eigenvalue weighted by molar-refractivity contribution is -0.140. The van der Waals surface area contributed by atoms with Gasteiger partial charge in [-0.3, -0.25) is 4.79 Å². The van der Waals surface area contributed by atoms with Crippen LogP contribution >= 0.6 is 11.6 Å². The minimum atomic E-state index is -0.273. The molecule has 0 fully saturated rings. The number of hydrogen-bond acceptors (Lipinski definition) is 5. The van der Waals surface area contributed by atoms with Gasteiger partial charge in [-0.15, -0.1) is 0 Å². The Morgan fingerprint density at radius 3 is 3.00 bits per heavy atom. The summed E-state index contributed by atoms with van der Waals surface area (Å²) in [5, 5.41) is 5.34. The number of pyridine rings is 1. The fourth-order valence-electron chi connectivity index (χ4n) is 1.80. The number of nitrogen functional groups attached to an aromatic ring is 1. The number of esters is 1. The maximum Gasteiger partial charge on any atom is 0.307 e. The molecule has 2 rings (SSSR count). The van der Waals surface area contributed by atoms with E-state index in [2.05, 4.69) is 15.0 Å². The van der Waals surface area contributed by atoms with Gasteiger partial charge in [0.2, 0.25) is 0 Å². The van der Waals surface area contributed by atoms with E-state index in [-0.39, 0.29) is 12.4 Å². The lowest BCUT2D eigenvalue weighted by Crippen LogP contribution is -2.10. The van der Waals surface area contributed by atoms with Crippen LogP contribution in [0.4, 0.5) is 11.5 Å². The molecule has 1 heterocycles. The first-order valence-electron chi connectivity index (χ1n) is 5.76. The minimum absolute atomic E-state index is 0.268. The second kappa shape index (κ2) is 5.75. The Labute approximate surface area is 115 Å². The van der Waals surface area contributed by atoms with Crippen molar-refractivity contribution in [3.05, 3.63) is 29.4 Å². The van der Waals surface area contributed by atoms with Crippen molar-refractivity contribution in [2.45, 2.75) is 6.42 Å². The van der Waals surface area contributed by atoms with E-state index in [0.717, 1.165) is 10.8 Å². The van der Waals surface area contributed by atoms with Crippen LogP contribution in [0, 0.1) is 0 Å². The molecule has 0 radical (unpaired) electrons. The van der Waals surface area contributed by atoms with E-state index >= 15 is 0 Å². The van der Waals surface area contributed by atoms with Gasteiger partial charge in [-0.2, -0.15) is 0 Å². The van der Waals surface area contributed by atoms with Crippen LogP contribution in [0.25, 0.3) is 10.8 Å². The minimum Gasteiger partial charge on any atom is -0.469 e. The highest BCUT2D eigenvalue weighted by molar-refractivity contribution is 6.32. The van der Waals surface area contributed by atoms with E-state index in [4.69, 9.17) is 17.3 Å². The van der Waals surface area contributed by atoms with Gasteiger partial charge >= 0.3 is 5.97 Å². The number of carbonyl (C=O) groups excluding carboxylic acids is 1. The molecule has 100 valence electrons. The summed E-state index contributed by atoms with van der Waals surface area (Å²) in [6.45, 7) is 0.436. The molecule has 0 bridgehead atoms. The van der Waals surface area contributed by atoms with Crippen molar-refractivity contribution in [3.63, 3.8) is 0 Å². The maximum absolute atomic E-state index is 11.1. The van der Waals surface area contributed by atoms with Crippen LogP contribution in [-0.4, -0.2) is 24.6 Å². The lowest BCUT2D eigenvalue weighted by atomic mass is 10.1. The molecular formula is C13H14ClN3O2. The summed E-state index contributed by atoms with van der Waals surface area (Å²) in [6, 6.07) is 5.31. The van der Waals surface area contributed by atoms with Crippen molar-refractivity contribution in [1.82, 2.24) is 4.98 Å². The molecule has 0 aliphatic heterocycles. The van der Waals surface area contributed by atoms with Crippen molar-refractivity contribution < 1.29 is 9.53 Å². The molecular weight excluding hydrogens is 266 g/mol. The van der Waals surface area contributed by atoms with Crippen LogP contribution in [0.3, 0.4) is 0 Å². The van der Waals surface area contributed by atoms with Gasteiger partial charge in [0, 0.05) is 34.2 Å². The maximum atomic E-state index is 11.1. The number of nitrogens with one attached hydrogen (secondary N) is 1. The third kappa shape index (κ3) is 3.06. The molecule has 1 aromatic carbocycles. The molecule has 3 N–H and O–H groups in total. The second-order valence-corrected chi connectivity index (χ2v) is 4.44. The monoisotopic (exact) mass is 279 g/mol. The molecule has 0 aliphatic rings. The molecule has 5 nitrogen and oxygen atoms in total. The predicted molar refractivity (Wildman–Crippen MR) is 76.3 cm³/mol. The van der Waals surface area contributed by atoms with Crippen LogP contribution in [0.15, 0.2) is 24.4 Å².